The smallest absolute Gasteiger partial charge is 0.275 e. The summed E-state index contributed by atoms with van der Waals surface area (Å²) in [5.74, 6) is -3.27. The van der Waals surface area contributed by atoms with Gasteiger partial charge in [-0.05, 0) is 46.5 Å². The molecule has 2 bridgehead atoms. The zero-order valence-electron chi connectivity index (χ0n) is 21.0. The van der Waals surface area contributed by atoms with Gasteiger partial charge in [0.25, 0.3) is 5.91 Å². The molecule has 4 aliphatic rings. The van der Waals surface area contributed by atoms with Crippen LogP contribution in [0.4, 0.5) is 5.69 Å². The maximum Gasteiger partial charge on any atom is 0.275 e. The number of hydrogen-bond acceptors (Lipinski definition) is 5. The standard InChI is InChI=1S/C32H22ClN3O4/c33-23-14-6-7-15-24(23)36-30(39)27-26-18-9-1-4-12-21(18)32(28(27)31(36)40,22-13-5-2-10-19(22)26)17-34-35-29(38)20-11-3-8-16-25(20)37/h1-17,26-28,37H,(H,35,38)/b34-17+/t26?,27-,28-,32?/m0/s1. The first kappa shape index (κ1) is 24.3. The van der Waals surface area contributed by atoms with Crippen molar-refractivity contribution >= 4 is 41.2 Å². The number of hydrazone groups is 1. The Balaban J connectivity index is 1.42. The Morgan fingerprint density at radius 3 is 2.12 bits per heavy atom. The van der Waals surface area contributed by atoms with E-state index in [0.717, 1.165) is 22.3 Å². The van der Waals surface area contributed by atoms with Crippen LogP contribution in [-0.2, 0) is 15.0 Å². The lowest BCUT2D eigenvalue weighted by atomic mass is 9.47. The second-order valence-corrected chi connectivity index (χ2v) is 10.6. The fraction of sp³-hybridized carbons (Fsp3) is 0.125. The molecule has 0 unspecified atom stereocenters. The number of benzene rings is 4. The molecule has 0 radical (unpaired) electrons. The fourth-order valence-corrected chi connectivity index (χ4v) is 7.06. The third kappa shape index (κ3) is 3.18. The van der Waals surface area contributed by atoms with E-state index in [1.807, 2.05) is 48.5 Å². The van der Waals surface area contributed by atoms with Crippen LogP contribution >= 0.6 is 11.6 Å². The van der Waals surface area contributed by atoms with Crippen molar-refractivity contribution in [2.24, 2.45) is 16.9 Å². The third-order valence-electron chi connectivity index (χ3n) is 8.36. The largest absolute Gasteiger partial charge is 0.507 e. The average molecular weight is 548 g/mol. The first-order valence-electron chi connectivity index (χ1n) is 12.9. The molecule has 8 heteroatoms. The van der Waals surface area contributed by atoms with Crippen LogP contribution in [0.15, 0.2) is 102 Å². The molecule has 2 N–H and O–H groups in total. The summed E-state index contributed by atoms with van der Waals surface area (Å²) >= 11 is 6.48. The maximum atomic E-state index is 14.3. The number of anilines is 1. The van der Waals surface area contributed by atoms with Crippen molar-refractivity contribution in [3.63, 3.8) is 0 Å². The number of nitrogens with one attached hydrogen (secondary N) is 1. The molecule has 3 aliphatic carbocycles. The number of phenolic OH excluding ortho intramolecular Hbond substituents is 1. The SMILES string of the molecule is O=C(N/N=C/C12c3ccccc3C(c3ccccc31)[C@@H]1C(=O)N(c3ccccc3Cl)C(=O)[C@H]12)c1ccccc1O. The van der Waals surface area contributed by atoms with Gasteiger partial charge in [-0.2, -0.15) is 5.10 Å². The second kappa shape index (κ2) is 8.89. The molecule has 8 rings (SSSR count). The number of carbonyl (C=O) groups is 3. The molecule has 1 heterocycles. The summed E-state index contributed by atoms with van der Waals surface area (Å²) in [5.41, 5.74) is 5.42. The van der Waals surface area contributed by atoms with Gasteiger partial charge >= 0.3 is 0 Å². The van der Waals surface area contributed by atoms with Crippen LogP contribution in [0.2, 0.25) is 5.02 Å². The molecular formula is C32H22ClN3O4. The number of imide groups is 1. The van der Waals surface area contributed by atoms with Gasteiger partial charge in [-0.3, -0.25) is 14.4 Å². The Morgan fingerprint density at radius 2 is 1.45 bits per heavy atom. The van der Waals surface area contributed by atoms with E-state index in [1.54, 1.807) is 42.6 Å². The Labute approximate surface area is 234 Å². The third-order valence-corrected chi connectivity index (χ3v) is 8.68. The van der Waals surface area contributed by atoms with Crippen molar-refractivity contribution in [2.75, 3.05) is 4.90 Å². The van der Waals surface area contributed by atoms with Crippen LogP contribution in [0.25, 0.3) is 0 Å². The first-order valence-corrected chi connectivity index (χ1v) is 13.3. The van der Waals surface area contributed by atoms with Gasteiger partial charge in [0.15, 0.2) is 0 Å². The van der Waals surface area contributed by atoms with Crippen LogP contribution < -0.4 is 10.3 Å². The van der Waals surface area contributed by atoms with Crippen molar-refractivity contribution in [1.29, 1.82) is 0 Å². The van der Waals surface area contributed by atoms with Crippen LogP contribution in [0.1, 0.15) is 38.5 Å². The van der Waals surface area contributed by atoms with Gasteiger partial charge in [0.1, 0.15) is 5.75 Å². The highest BCUT2D eigenvalue weighted by atomic mass is 35.5. The van der Waals surface area contributed by atoms with E-state index in [2.05, 4.69) is 10.5 Å². The summed E-state index contributed by atoms with van der Waals surface area (Å²) in [5, 5.41) is 14.8. The summed E-state index contributed by atoms with van der Waals surface area (Å²) in [6.45, 7) is 0. The van der Waals surface area contributed by atoms with E-state index in [1.165, 1.54) is 17.0 Å². The van der Waals surface area contributed by atoms with Gasteiger partial charge in [0.05, 0.1) is 33.5 Å². The van der Waals surface area contributed by atoms with Gasteiger partial charge in [0, 0.05) is 12.1 Å². The summed E-state index contributed by atoms with van der Waals surface area (Å²) < 4.78 is 0. The number of hydrogen-bond donors (Lipinski definition) is 2. The van der Waals surface area contributed by atoms with E-state index in [-0.39, 0.29) is 29.0 Å². The predicted molar refractivity (Wildman–Crippen MR) is 150 cm³/mol. The molecule has 4 aromatic carbocycles. The lowest BCUT2D eigenvalue weighted by molar-refractivity contribution is -0.122. The molecule has 1 aliphatic heterocycles. The van der Waals surface area contributed by atoms with E-state index in [9.17, 15) is 19.5 Å². The number of nitrogens with zero attached hydrogens (tertiary/aromatic N) is 2. The number of halogens is 1. The van der Waals surface area contributed by atoms with Gasteiger partial charge in [-0.25, -0.2) is 10.3 Å². The van der Waals surface area contributed by atoms with Crippen molar-refractivity contribution in [3.05, 3.63) is 130 Å². The number of amides is 3. The van der Waals surface area contributed by atoms with Gasteiger partial charge in [-0.15, -0.1) is 0 Å². The molecule has 7 nitrogen and oxygen atoms in total. The summed E-state index contributed by atoms with van der Waals surface area (Å²) in [6, 6.07) is 28.6. The summed E-state index contributed by atoms with van der Waals surface area (Å²) in [7, 11) is 0. The maximum absolute atomic E-state index is 14.3. The van der Waals surface area contributed by atoms with E-state index in [0.29, 0.717) is 10.7 Å². The molecule has 3 amide bonds. The molecule has 0 spiro atoms. The van der Waals surface area contributed by atoms with Gasteiger partial charge in [0.2, 0.25) is 11.8 Å². The summed E-state index contributed by atoms with van der Waals surface area (Å²) in [6.07, 6.45) is 1.58. The van der Waals surface area contributed by atoms with Gasteiger partial charge < -0.3 is 5.11 Å². The predicted octanol–water partition coefficient (Wildman–Crippen LogP) is 5.01. The molecule has 4 aromatic rings. The molecule has 2 atom stereocenters. The Kier molecular flexibility index (Phi) is 5.40. The van der Waals surface area contributed by atoms with E-state index >= 15 is 0 Å². The monoisotopic (exact) mass is 547 g/mol. The lowest BCUT2D eigenvalue weighted by Crippen LogP contribution is -2.54. The van der Waals surface area contributed by atoms with Gasteiger partial charge in [-0.1, -0.05) is 84.4 Å². The molecule has 1 saturated heterocycles. The average Bonchev–Trinajstić information content (AvgIpc) is 3.24. The quantitative estimate of drug-likeness (QED) is 0.213. The minimum absolute atomic E-state index is 0.0696. The highest BCUT2D eigenvalue weighted by molar-refractivity contribution is 6.36. The van der Waals surface area contributed by atoms with Crippen molar-refractivity contribution < 1.29 is 19.5 Å². The number of para-hydroxylation sites is 2. The normalized spacial score (nSPS) is 24.1. The van der Waals surface area contributed by atoms with Crippen LogP contribution in [-0.4, -0.2) is 29.0 Å². The Hall–Kier alpha value is -4.75. The van der Waals surface area contributed by atoms with Crippen molar-refractivity contribution in [2.45, 2.75) is 11.3 Å². The topological polar surface area (TPSA) is 99.1 Å². The number of aromatic hydroxyl groups is 1. The minimum atomic E-state index is -1.14. The molecule has 1 fully saturated rings. The molecule has 0 saturated carbocycles. The van der Waals surface area contributed by atoms with Crippen molar-refractivity contribution in [3.8, 4) is 5.75 Å². The lowest BCUT2D eigenvalue weighted by Gasteiger charge is -2.52. The molecule has 196 valence electrons. The van der Waals surface area contributed by atoms with Crippen LogP contribution in [0.3, 0.4) is 0 Å². The highest BCUT2D eigenvalue weighted by Crippen LogP contribution is 2.63. The van der Waals surface area contributed by atoms with Crippen LogP contribution in [0.5, 0.6) is 5.75 Å². The Bertz CT molecular complexity index is 1720. The van der Waals surface area contributed by atoms with Crippen molar-refractivity contribution in [1.82, 2.24) is 5.43 Å². The highest BCUT2D eigenvalue weighted by Gasteiger charge is 2.68. The second-order valence-electron chi connectivity index (χ2n) is 10.2. The van der Waals surface area contributed by atoms with Crippen LogP contribution in [0, 0.1) is 11.8 Å². The van der Waals surface area contributed by atoms with E-state index in [4.69, 9.17) is 11.6 Å². The Morgan fingerprint density at radius 1 is 0.850 bits per heavy atom. The number of carbonyl (C=O) groups excluding carboxylic acids is 3. The molecular weight excluding hydrogens is 526 g/mol. The van der Waals surface area contributed by atoms with E-state index < -0.39 is 23.2 Å². The first-order chi connectivity index (χ1) is 19.4. The molecule has 40 heavy (non-hydrogen) atoms. The zero-order chi connectivity index (χ0) is 27.6. The fourth-order valence-electron chi connectivity index (χ4n) is 6.84. The number of phenols is 1. The number of rotatable bonds is 4. The summed E-state index contributed by atoms with van der Waals surface area (Å²) in [4.78, 5) is 42.6. The zero-order valence-corrected chi connectivity index (χ0v) is 21.7. The molecule has 0 aromatic heterocycles. The minimum Gasteiger partial charge on any atom is -0.507 e.